The number of imidazole rings is 1. The molecule has 0 unspecified atom stereocenters. The number of aromatic hydroxyl groups is 1. The third-order valence-electron chi connectivity index (χ3n) is 1.77. The second kappa shape index (κ2) is 2.49. The van der Waals surface area contributed by atoms with Crippen LogP contribution in [0.15, 0.2) is 24.5 Å². The first-order chi connectivity index (χ1) is 5.81. The molecular weight excluding hydrogens is 154 g/mol. The molecule has 0 fully saturated rings. The molecule has 2 aromatic heterocycles. The molecule has 0 aliphatic rings. The Morgan fingerprint density at radius 3 is 3.08 bits per heavy atom. The van der Waals surface area contributed by atoms with E-state index < -0.39 is 0 Å². The van der Waals surface area contributed by atoms with Gasteiger partial charge in [-0.1, -0.05) is 0 Å². The largest absolute Gasteiger partial charge is 0.506 e. The van der Waals surface area contributed by atoms with Gasteiger partial charge < -0.3 is 10.8 Å². The van der Waals surface area contributed by atoms with Crippen molar-refractivity contribution in [1.82, 2.24) is 9.38 Å². The van der Waals surface area contributed by atoms with Crippen LogP contribution in [0.5, 0.6) is 5.75 Å². The smallest absolute Gasteiger partial charge is 0.132 e. The first-order valence-electron chi connectivity index (χ1n) is 3.66. The van der Waals surface area contributed by atoms with E-state index in [-0.39, 0.29) is 5.75 Å². The fourth-order valence-corrected chi connectivity index (χ4v) is 1.18. The van der Waals surface area contributed by atoms with Crippen LogP contribution in [0, 0.1) is 0 Å². The molecule has 4 heteroatoms. The lowest BCUT2D eigenvalue weighted by atomic mass is 10.4. The van der Waals surface area contributed by atoms with E-state index in [1.54, 1.807) is 28.9 Å². The Morgan fingerprint density at radius 1 is 1.50 bits per heavy atom. The Labute approximate surface area is 69.3 Å². The third kappa shape index (κ3) is 0.931. The highest BCUT2D eigenvalue weighted by Gasteiger charge is 2.00. The molecule has 0 saturated carbocycles. The van der Waals surface area contributed by atoms with Gasteiger partial charge in [-0.25, -0.2) is 4.98 Å². The standard InChI is InChI=1S/C8H9N3O/c9-3-8-10-4-6-1-2-7(12)5-11(6)8/h1-2,4-5,12H,3,9H2. The zero-order valence-corrected chi connectivity index (χ0v) is 6.44. The summed E-state index contributed by atoms with van der Waals surface area (Å²) in [5.74, 6) is 0.969. The molecule has 2 heterocycles. The van der Waals surface area contributed by atoms with Crippen LogP contribution in [0.1, 0.15) is 5.82 Å². The van der Waals surface area contributed by atoms with Crippen LogP contribution in [0.25, 0.3) is 5.52 Å². The number of hydrogen-bond acceptors (Lipinski definition) is 3. The molecule has 0 saturated heterocycles. The molecule has 0 aromatic carbocycles. The summed E-state index contributed by atoms with van der Waals surface area (Å²) < 4.78 is 1.77. The van der Waals surface area contributed by atoms with Gasteiger partial charge in [0.1, 0.15) is 11.6 Å². The fourth-order valence-electron chi connectivity index (χ4n) is 1.18. The van der Waals surface area contributed by atoms with Crippen molar-refractivity contribution in [3.05, 3.63) is 30.4 Å². The van der Waals surface area contributed by atoms with E-state index in [1.807, 2.05) is 0 Å². The van der Waals surface area contributed by atoms with Gasteiger partial charge in [-0.05, 0) is 12.1 Å². The highest BCUT2D eigenvalue weighted by Crippen LogP contribution is 2.12. The minimum atomic E-state index is 0.218. The molecule has 2 aromatic rings. The molecule has 0 atom stereocenters. The molecule has 0 radical (unpaired) electrons. The average molecular weight is 163 g/mol. The van der Waals surface area contributed by atoms with Gasteiger partial charge in [0.2, 0.25) is 0 Å². The van der Waals surface area contributed by atoms with Gasteiger partial charge in [0.05, 0.1) is 24.5 Å². The maximum Gasteiger partial charge on any atom is 0.132 e. The van der Waals surface area contributed by atoms with Crippen molar-refractivity contribution in [2.45, 2.75) is 6.54 Å². The van der Waals surface area contributed by atoms with E-state index in [2.05, 4.69) is 4.98 Å². The van der Waals surface area contributed by atoms with Crippen molar-refractivity contribution >= 4 is 5.52 Å². The summed E-state index contributed by atoms with van der Waals surface area (Å²) >= 11 is 0. The van der Waals surface area contributed by atoms with Gasteiger partial charge in [0.25, 0.3) is 0 Å². The summed E-state index contributed by atoms with van der Waals surface area (Å²) in [4.78, 5) is 4.08. The number of pyridine rings is 1. The number of aromatic nitrogens is 2. The minimum absolute atomic E-state index is 0.218. The molecule has 0 aliphatic heterocycles. The van der Waals surface area contributed by atoms with Crippen LogP contribution in [-0.4, -0.2) is 14.5 Å². The predicted molar refractivity (Wildman–Crippen MR) is 44.7 cm³/mol. The second-order valence-electron chi connectivity index (χ2n) is 2.56. The van der Waals surface area contributed by atoms with Crippen molar-refractivity contribution < 1.29 is 5.11 Å². The summed E-state index contributed by atoms with van der Waals surface area (Å²) in [5, 5.41) is 9.18. The van der Waals surface area contributed by atoms with E-state index in [0.717, 1.165) is 11.3 Å². The molecule has 0 bridgehead atoms. The highest BCUT2D eigenvalue weighted by atomic mass is 16.3. The third-order valence-corrected chi connectivity index (χ3v) is 1.77. The average Bonchev–Trinajstić information content (AvgIpc) is 2.46. The first-order valence-corrected chi connectivity index (χ1v) is 3.66. The number of nitrogens with zero attached hydrogens (tertiary/aromatic N) is 2. The SMILES string of the molecule is NCc1ncc2ccc(O)cn12. The van der Waals surface area contributed by atoms with Crippen LogP contribution < -0.4 is 5.73 Å². The number of fused-ring (bicyclic) bond motifs is 1. The molecule has 62 valence electrons. The number of nitrogens with two attached hydrogens (primary N) is 1. The monoisotopic (exact) mass is 163 g/mol. The summed E-state index contributed by atoms with van der Waals surface area (Å²) in [6.45, 7) is 0.373. The predicted octanol–water partition coefficient (Wildman–Crippen LogP) is 0.499. The van der Waals surface area contributed by atoms with Gasteiger partial charge in [0.15, 0.2) is 0 Å². The normalized spacial score (nSPS) is 10.8. The lowest BCUT2D eigenvalue weighted by Crippen LogP contribution is -2.01. The maximum atomic E-state index is 9.18. The molecular formula is C8H9N3O. The Bertz CT molecular complexity index is 408. The topological polar surface area (TPSA) is 63.5 Å². The van der Waals surface area contributed by atoms with Crippen molar-refractivity contribution in [3.8, 4) is 5.75 Å². The van der Waals surface area contributed by atoms with Gasteiger partial charge >= 0.3 is 0 Å². The van der Waals surface area contributed by atoms with Gasteiger partial charge in [-0.3, -0.25) is 4.40 Å². The van der Waals surface area contributed by atoms with E-state index >= 15 is 0 Å². The quantitative estimate of drug-likeness (QED) is 0.643. The van der Waals surface area contributed by atoms with E-state index in [0.29, 0.717) is 6.54 Å². The van der Waals surface area contributed by atoms with Crippen molar-refractivity contribution in [3.63, 3.8) is 0 Å². The van der Waals surface area contributed by atoms with Gasteiger partial charge in [0, 0.05) is 0 Å². The fraction of sp³-hybridized carbons (Fsp3) is 0.125. The molecule has 3 N–H and O–H groups in total. The molecule has 0 aliphatic carbocycles. The van der Waals surface area contributed by atoms with Crippen LogP contribution in [0.3, 0.4) is 0 Å². The lowest BCUT2D eigenvalue weighted by Gasteiger charge is -1.97. The van der Waals surface area contributed by atoms with Crippen molar-refractivity contribution in [1.29, 1.82) is 0 Å². The zero-order valence-electron chi connectivity index (χ0n) is 6.44. The van der Waals surface area contributed by atoms with E-state index in [1.165, 1.54) is 0 Å². The van der Waals surface area contributed by atoms with Crippen molar-refractivity contribution in [2.75, 3.05) is 0 Å². The van der Waals surface area contributed by atoms with Crippen molar-refractivity contribution in [2.24, 2.45) is 5.73 Å². The molecule has 0 amide bonds. The Hall–Kier alpha value is -1.55. The maximum absolute atomic E-state index is 9.18. The zero-order chi connectivity index (χ0) is 8.55. The van der Waals surface area contributed by atoms with Crippen LogP contribution in [0.2, 0.25) is 0 Å². The summed E-state index contributed by atoms with van der Waals surface area (Å²) in [7, 11) is 0. The van der Waals surface area contributed by atoms with Crippen LogP contribution in [-0.2, 0) is 6.54 Å². The molecule has 12 heavy (non-hydrogen) atoms. The lowest BCUT2D eigenvalue weighted by molar-refractivity contribution is 0.471. The van der Waals surface area contributed by atoms with Gasteiger partial charge in [-0.15, -0.1) is 0 Å². The number of rotatable bonds is 1. The summed E-state index contributed by atoms with van der Waals surface area (Å²) in [6.07, 6.45) is 3.33. The summed E-state index contributed by atoms with van der Waals surface area (Å²) in [6, 6.07) is 3.42. The molecule has 4 nitrogen and oxygen atoms in total. The Morgan fingerprint density at radius 2 is 2.33 bits per heavy atom. The Kier molecular flexibility index (Phi) is 1.48. The van der Waals surface area contributed by atoms with Crippen LogP contribution >= 0.6 is 0 Å². The number of hydrogen-bond donors (Lipinski definition) is 2. The van der Waals surface area contributed by atoms with Gasteiger partial charge in [-0.2, -0.15) is 0 Å². The highest BCUT2D eigenvalue weighted by molar-refractivity contribution is 5.47. The van der Waals surface area contributed by atoms with E-state index in [9.17, 15) is 5.11 Å². The first kappa shape index (κ1) is 7.12. The molecule has 0 spiro atoms. The minimum Gasteiger partial charge on any atom is -0.506 e. The molecule has 2 rings (SSSR count). The Balaban J connectivity index is 2.75. The van der Waals surface area contributed by atoms with E-state index in [4.69, 9.17) is 5.73 Å². The second-order valence-corrected chi connectivity index (χ2v) is 2.56. The summed E-state index contributed by atoms with van der Waals surface area (Å²) in [5.41, 5.74) is 6.38. The van der Waals surface area contributed by atoms with Crippen LogP contribution in [0.4, 0.5) is 0 Å².